The van der Waals surface area contributed by atoms with Crippen molar-refractivity contribution >= 4 is 23.3 Å². The second-order valence-corrected chi connectivity index (χ2v) is 5.04. The maximum Gasteiger partial charge on any atom is 0.153 e. The monoisotopic (exact) mass is 186 g/mol. The van der Waals surface area contributed by atoms with Gasteiger partial charge in [-0.25, -0.2) is 0 Å². The van der Waals surface area contributed by atoms with Gasteiger partial charge in [0.25, 0.3) is 0 Å². The van der Waals surface area contributed by atoms with E-state index in [2.05, 4.69) is 0 Å². The lowest BCUT2D eigenvalue weighted by Crippen LogP contribution is -2.36. The van der Waals surface area contributed by atoms with Gasteiger partial charge in [0.2, 0.25) is 0 Å². The topological polar surface area (TPSA) is 34.1 Å². The molecule has 1 heterocycles. The maximum absolute atomic E-state index is 11.4. The summed E-state index contributed by atoms with van der Waals surface area (Å²) >= 11 is 1.51. The van der Waals surface area contributed by atoms with Crippen LogP contribution in [0.4, 0.5) is 0 Å². The molecule has 2 unspecified atom stereocenters. The molecule has 0 amide bonds. The number of hydrogen-bond donors (Lipinski definition) is 0. The summed E-state index contributed by atoms with van der Waals surface area (Å²) in [6.45, 7) is 5.94. The standard InChI is InChI=1S/C9H14O2S/c1-5(2)9-8(11)4-7(10)6(3)12-9/h5-6,9H,4H2,1-3H3. The van der Waals surface area contributed by atoms with Gasteiger partial charge in [0.15, 0.2) is 11.6 Å². The second kappa shape index (κ2) is 3.60. The zero-order valence-corrected chi connectivity index (χ0v) is 8.48. The van der Waals surface area contributed by atoms with Crippen LogP contribution in [-0.2, 0) is 9.59 Å². The predicted octanol–water partition coefficient (Wildman–Crippen LogP) is 1.67. The molecule has 0 bridgehead atoms. The fourth-order valence-corrected chi connectivity index (χ4v) is 2.54. The summed E-state index contributed by atoms with van der Waals surface area (Å²) in [7, 11) is 0. The third kappa shape index (κ3) is 1.89. The van der Waals surface area contributed by atoms with Gasteiger partial charge in [-0.05, 0) is 12.8 Å². The minimum atomic E-state index is 0.00935. The zero-order chi connectivity index (χ0) is 9.30. The third-order valence-corrected chi connectivity index (χ3v) is 3.85. The van der Waals surface area contributed by atoms with Crippen LogP contribution in [0.25, 0.3) is 0 Å². The molecule has 0 N–H and O–H groups in total. The first kappa shape index (κ1) is 9.78. The van der Waals surface area contributed by atoms with Crippen molar-refractivity contribution in [2.75, 3.05) is 0 Å². The molecule has 0 aromatic carbocycles. The highest BCUT2D eigenvalue weighted by atomic mass is 32.2. The molecule has 12 heavy (non-hydrogen) atoms. The summed E-state index contributed by atoms with van der Waals surface area (Å²) in [5.74, 6) is 0.540. The van der Waals surface area contributed by atoms with E-state index < -0.39 is 0 Å². The van der Waals surface area contributed by atoms with Gasteiger partial charge in [-0.15, -0.1) is 11.8 Å². The van der Waals surface area contributed by atoms with E-state index in [-0.39, 0.29) is 28.5 Å². The second-order valence-electron chi connectivity index (χ2n) is 3.55. The lowest BCUT2D eigenvalue weighted by Gasteiger charge is -2.26. The van der Waals surface area contributed by atoms with Gasteiger partial charge in [-0.2, -0.15) is 0 Å². The Morgan fingerprint density at radius 2 is 1.92 bits per heavy atom. The summed E-state index contributed by atoms with van der Waals surface area (Å²) in [6, 6.07) is 0. The van der Waals surface area contributed by atoms with Crippen molar-refractivity contribution in [1.29, 1.82) is 0 Å². The number of hydrogen-bond acceptors (Lipinski definition) is 3. The molecule has 1 aliphatic rings. The number of rotatable bonds is 1. The molecule has 0 aromatic rings. The van der Waals surface area contributed by atoms with Gasteiger partial charge in [-0.1, -0.05) is 13.8 Å². The Hall–Kier alpha value is -0.310. The van der Waals surface area contributed by atoms with Crippen LogP contribution >= 0.6 is 11.8 Å². The molecule has 2 nitrogen and oxygen atoms in total. The lowest BCUT2D eigenvalue weighted by atomic mass is 10.0. The highest BCUT2D eigenvalue weighted by Crippen LogP contribution is 2.31. The number of Topliss-reactive ketones (excluding diaryl/α,β-unsaturated/α-hetero) is 2. The minimum Gasteiger partial charge on any atom is -0.298 e. The fourth-order valence-electron chi connectivity index (χ4n) is 1.32. The Balaban J connectivity index is 2.68. The van der Waals surface area contributed by atoms with E-state index in [1.54, 1.807) is 0 Å². The van der Waals surface area contributed by atoms with E-state index in [9.17, 15) is 9.59 Å². The fraction of sp³-hybridized carbons (Fsp3) is 0.778. The molecule has 0 aliphatic carbocycles. The van der Waals surface area contributed by atoms with E-state index in [0.29, 0.717) is 5.92 Å². The highest BCUT2D eigenvalue weighted by molar-refractivity contribution is 8.02. The van der Waals surface area contributed by atoms with Crippen LogP contribution < -0.4 is 0 Å². The smallest absolute Gasteiger partial charge is 0.153 e. The highest BCUT2D eigenvalue weighted by Gasteiger charge is 2.34. The molecule has 0 radical (unpaired) electrons. The van der Waals surface area contributed by atoms with Crippen molar-refractivity contribution in [3.63, 3.8) is 0 Å². The number of ketones is 2. The van der Waals surface area contributed by atoms with Crippen LogP contribution in [0.3, 0.4) is 0 Å². The molecule has 0 aromatic heterocycles. The molecule has 3 heteroatoms. The van der Waals surface area contributed by atoms with E-state index in [4.69, 9.17) is 0 Å². The van der Waals surface area contributed by atoms with Gasteiger partial charge in [0.05, 0.1) is 16.9 Å². The van der Waals surface area contributed by atoms with Crippen LogP contribution in [0.5, 0.6) is 0 Å². The van der Waals surface area contributed by atoms with Crippen LogP contribution in [0.2, 0.25) is 0 Å². The van der Waals surface area contributed by atoms with Crippen molar-refractivity contribution in [3.05, 3.63) is 0 Å². The van der Waals surface area contributed by atoms with Gasteiger partial charge < -0.3 is 0 Å². The first-order chi connectivity index (χ1) is 5.52. The van der Waals surface area contributed by atoms with Crippen molar-refractivity contribution in [2.45, 2.75) is 37.7 Å². The van der Waals surface area contributed by atoms with Gasteiger partial charge in [0.1, 0.15) is 0 Å². The van der Waals surface area contributed by atoms with E-state index in [1.807, 2.05) is 20.8 Å². The largest absolute Gasteiger partial charge is 0.298 e. The Morgan fingerprint density at radius 1 is 1.33 bits per heavy atom. The molecule has 0 spiro atoms. The summed E-state index contributed by atoms with van der Waals surface area (Å²) in [5, 5.41) is 0.0489. The lowest BCUT2D eigenvalue weighted by molar-refractivity contribution is -0.127. The summed E-state index contributed by atoms with van der Waals surface area (Å²) in [4.78, 5) is 22.5. The van der Waals surface area contributed by atoms with E-state index in [1.165, 1.54) is 11.8 Å². The van der Waals surface area contributed by atoms with Gasteiger partial charge in [0, 0.05) is 0 Å². The number of carbonyl (C=O) groups is 2. The van der Waals surface area contributed by atoms with Crippen molar-refractivity contribution in [1.82, 2.24) is 0 Å². The van der Waals surface area contributed by atoms with Crippen LogP contribution in [-0.4, -0.2) is 22.1 Å². The molecular weight excluding hydrogens is 172 g/mol. The predicted molar refractivity (Wildman–Crippen MR) is 50.3 cm³/mol. The molecule has 2 atom stereocenters. The van der Waals surface area contributed by atoms with E-state index in [0.717, 1.165) is 0 Å². The first-order valence-corrected chi connectivity index (χ1v) is 5.17. The Kier molecular flexibility index (Phi) is 2.94. The van der Waals surface area contributed by atoms with Crippen LogP contribution in [0.1, 0.15) is 27.2 Å². The Morgan fingerprint density at radius 3 is 2.42 bits per heavy atom. The average molecular weight is 186 g/mol. The van der Waals surface area contributed by atoms with Crippen molar-refractivity contribution < 1.29 is 9.59 Å². The maximum atomic E-state index is 11.4. The number of thioether (sulfide) groups is 1. The van der Waals surface area contributed by atoms with Crippen molar-refractivity contribution in [3.8, 4) is 0 Å². The normalized spacial score (nSPS) is 31.3. The SMILES string of the molecule is CC1SC(C(C)C)C(=O)CC1=O. The number of carbonyl (C=O) groups excluding carboxylic acids is 2. The van der Waals surface area contributed by atoms with Gasteiger partial charge >= 0.3 is 0 Å². The Bertz CT molecular complexity index is 211. The van der Waals surface area contributed by atoms with Crippen molar-refractivity contribution in [2.24, 2.45) is 5.92 Å². The van der Waals surface area contributed by atoms with E-state index >= 15 is 0 Å². The zero-order valence-electron chi connectivity index (χ0n) is 7.66. The molecule has 68 valence electrons. The quantitative estimate of drug-likeness (QED) is 0.584. The molecular formula is C9H14O2S. The van der Waals surface area contributed by atoms with Gasteiger partial charge in [-0.3, -0.25) is 9.59 Å². The minimum absolute atomic E-state index is 0.00935. The molecule has 1 saturated heterocycles. The molecule has 0 saturated carbocycles. The van der Waals surface area contributed by atoms with Crippen LogP contribution in [0, 0.1) is 5.92 Å². The Labute approximate surface area is 77.1 Å². The summed E-state index contributed by atoms with van der Waals surface area (Å²) < 4.78 is 0. The molecule has 1 aliphatic heterocycles. The molecule has 1 rings (SSSR count). The summed E-state index contributed by atoms with van der Waals surface area (Å²) in [5.41, 5.74) is 0. The third-order valence-electron chi connectivity index (χ3n) is 2.08. The average Bonchev–Trinajstić information content (AvgIpc) is 1.96. The first-order valence-electron chi connectivity index (χ1n) is 4.23. The molecule has 1 fully saturated rings. The summed E-state index contributed by atoms with van der Waals surface area (Å²) in [6.07, 6.45) is 0.150. The van der Waals surface area contributed by atoms with Crippen LogP contribution in [0.15, 0.2) is 0 Å².